The van der Waals surface area contributed by atoms with Crippen LogP contribution in [0.2, 0.25) is 0 Å². The maximum Gasteiger partial charge on any atom is 0.326 e. The van der Waals surface area contributed by atoms with Crippen LogP contribution in [0.25, 0.3) is 0 Å². The Kier molecular flexibility index (Phi) is 4.90. The van der Waals surface area contributed by atoms with Gasteiger partial charge in [0.15, 0.2) is 0 Å². The Balaban J connectivity index is 2.40. The standard InChI is InChI=1S/C10H17N3O5/c1-6(14)11-2-3-12-10(18)13-5-7(15)4-8(13)9(16)17/h7-8,15H,2-5H2,1H3,(H,11,14)(H,12,18)(H,16,17)/t7-,8+/m1/s1. The van der Waals surface area contributed by atoms with Crippen molar-refractivity contribution in [1.29, 1.82) is 0 Å². The number of aliphatic carboxylic acids is 1. The van der Waals surface area contributed by atoms with Crippen molar-refractivity contribution in [3.05, 3.63) is 0 Å². The van der Waals surface area contributed by atoms with Crippen LogP contribution in [0.1, 0.15) is 13.3 Å². The molecule has 1 fully saturated rings. The third kappa shape index (κ3) is 3.88. The lowest BCUT2D eigenvalue weighted by Crippen LogP contribution is -2.47. The normalized spacial score (nSPS) is 22.7. The number of aliphatic hydroxyl groups excluding tert-OH is 1. The van der Waals surface area contributed by atoms with E-state index in [1.54, 1.807) is 0 Å². The van der Waals surface area contributed by atoms with E-state index < -0.39 is 24.1 Å². The number of urea groups is 1. The third-order valence-electron chi connectivity index (χ3n) is 2.60. The fraction of sp³-hybridized carbons (Fsp3) is 0.700. The third-order valence-corrected chi connectivity index (χ3v) is 2.60. The Morgan fingerprint density at radius 1 is 1.28 bits per heavy atom. The van der Waals surface area contributed by atoms with Gasteiger partial charge in [-0.05, 0) is 0 Å². The molecule has 0 unspecified atom stereocenters. The molecule has 0 radical (unpaired) electrons. The highest BCUT2D eigenvalue weighted by atomic mass is 16.4. The minimum absolute atomic E-state index is 0.00291. The summed E-state index contributed by atoms with van der Waals surface area (Å²) in [5.74, 6) is -1.34. The summed E-state index contributed by atoms with van der Waals surface area (Å²) < 4.78 is 0. The summed E-state index contributed by atoms with van der Waals surface area (Å²) >= 11 is 0. The molecule has 0 saturated carbocycles. The number of hydrogen-bond acceptors (Lipinski definition) is 4. The molecule has 8 heteroatoms. The monoisotopic (exact) mass is 259 g/mol. The fourth-order valence-electron chi connectivity index (χ4n) is 1.78. The highest BCUT2D eigenvalue weighted by Gasteiger charge is 2.38. The fourth-order valence-corrected chi connectivity index (χ4v) is 1.78. The first-order valence-corrected chi connectivity index (χ1v) is 5.61. The zero-order valence-corrected chi connectivity index (χ0v) is 10.0. The molecule has 1 heterocycles. The van der Waals surface area contributed by atoms with Gasteiger partial charge >= 0.3 is 12.0 Å². The first-order valence-electron chi connectivity index (χ1n) is 5.61. The van der Waals surface area contributed by atoms with Crippen molar-refractivity contribution in [3.8, 4) is 0 Å². The van der Waals surface area contributed by atoms with Gasteiger partial charge in [-0.1, -0.05) is 0 Å². The smallest absolute Gasteiger partial charge is 0.326 e. The van der Waals surface area contributed by atoms with Gasteiger partial charge in [-0.2, -0.15) is 0 Å². The van der Waals surface area contributed by atoms with E-state index in [4.69, 9.17) is 5.11 Å². The molecule has 1 aliphatic heterocycles. The number of carbonyl (C=O) groups excluding carboxylic acids is 2. The number of rotatable bonds is 4. The lowest BCUT2D eigenvalue weighted by Gasteiger charge is -2.21. The van der Waals surface area contributed by atoms with Gasteiger partial charge in [0.1, 0.15) is 6.04 Å². The van der Waals surface area contributed by atoms with Crippen LogP contribution in [0, 0.1) is 0 Å². The maximum absolute atomic E-state index is 11.7. The number of carboxylic acids is 1. The SMILES string of the molecule is CC(=O)NCCNC(=O)N1C[C@H](O)C[C@H]1C(=O)O. The van der Waals surface area contributed by atoms with Crippen LogP contribution in [0.5, 0.6) is 0 Å². The van der Waals surface area contributed by atoms with E-state index in [1.165, 1.54) is 6.92 Å². The average Bonchev–Trinajstić information content (AvgIpc) is 2.66. The first-order chi connectivity index (χ1) is 8.41. The average molecular weight is 259 g/mol. The van der Waals surface area contributed by atoms with E-state index in [0.717, 1.165) is 4.90 Å². The van der Waals surface area contributed by atoms with Gasteiger partial charge in [0.2, 0.25) is 5.91 Å². The van der Waals surface area contributed by atoms with Crippen LogP contribution in [0.3, 0.4) is 0 Å². The summed E-state index contributed by atoms with van der Waals surface area (Å²) in [7, 11) is 0. The van der Waals surface area contributed by atoms with Crippen LogP contribution >= 0.6 is 0 Å². The minimum Gasteiger partial charge on any atom is -0.480 e. The van der Waals surface area contributed by atoms with E-state index in [-0.39, 0.29) is 32.0 Å². The van der Waals surface area contributed by atoms with Gasteiger partial charge in [0.05, 0.1) is 6.10 Å². The number of amides is 3. The predicted octanol–water partition coefficient (Wildman–Crippen LogP) is -1.65. The topological polar surface area (TPSA) is 119 Å². The van der Waals surface area contributed by atoms with E-state index >= 15 is 0 Å². The molecule has 0 aliphatic carbocycles. The molecule has 0 aromatic heterocycles. The molecule has 8 nitrogen and oxygen atoms in total. The number of carbonyl (C=O) groups is 3. The van der Waals surface area contributed by atoms with Gasteiger partial charge in [0, 0.05) is 33.0 Å². The number of nitrogens with one attached hydrogen (secondary N) is 2. The van der Waals surface area contributed by atoms with Gasteiger partial charge < -0.3 is 25.7 Å². The maximum atomic E-state index is 11.7. The van der Waals surface area contributed by atoms with E-state index in [9.17, 15) is 19.5 Å². The molecule has 102 valence electrons. The molecule has 1 rings (SSSR count). The van der Waals surface area contributed by atoms with Crippen LogP contribution < -0.4 is 10.6 Å². The van der Waals surface area contributed by atoms with Gasteiger partial charge in [0.25, 0.3) is 0 Å². The second-order valence-electron chi connectivity index (χ2n) is 4.11. The van der Waals surface area contributed by atoms with Crippen molar-refractivity contribution >= 4 is 17.9 Å². The molecule has 0 aromatic carbocycles. The molecular weight excluding hydrogens is 242 g/mol. The zero-order chi connectivity index (χ0) is 13.7. The summed E-state index contributed by atoms with van der Waals surface area (Å²) in [4.78, 5) is 34.2. The molecule has 1 aliphatic rings. The second kappa shape index (κ2) is 6.20. The summed E-state index contributed by atoms with van der Waals surface area (Å²) in [6.07, 6.45) is -0.777. The Morgan fingerprint density at radius 3 is 2.44 bits per heavy atom. The van der Waals surface area contributed by atoms with Crippen LogP contribution in [0.15, 0.2) is 0 Å². The van der Waals surface area contributed by atoms with Gasteiger partial charge in [-0.15, -0.1) is 0 Å². The highest BCUT2D eigenvalue weighted by Crippen LogP contribution is 2.17. The van der Waals surface area contributed by atoms with Crippen molar-refractivity contribution in [2.75, 3.05) is 19.6 Å². The summed E-state index contributed by atoms with van der Waals surface area (Å²) in [6.45, 7) is 1.84. The van der Waals surface area contributed by atoms with Crippen LogP contribution in [-0.4, -0.2) is 64.8 Å². The van der Waals surface area contributed by atoms with Crippen molar-refractivity contribution < 1.29 is 24.6 Å². The van der Waals surface area contributed by atoms with Crippen LogP contribution in [0.4, 0.5) is 4.79 Å². The van der Waals surface area contributed by atoms with Crippen molar-refractivity contribution in [2.45, 2.75) is 25.5 Å². The van der Waals surface area contributed by atoms with Crippen LogP contribution in [-0.2, 0) is 9.59 Å². The Labute approximate surface area is 104 Å². The predicted molar refractivity (Wildman–Crippen MR) is 60.8 cm³/mol. The van der Waals surface area contributed by atoms with E-state index in [0.29, 0.717) is 0 Å². The van der Waals surface area contributed by atoms with E-state index in [1.807, 2.05) is 0 Å². The second-order valence-corrected chi connectivity index (χ2v) is 4.11. The molecule has 1 saturated heterocycles. The minimum atomic E-state index is -1.14. The molecule has 4 N–H and O–H groups in total. The Morgan fingerprint density at radius 2 is 1.89 bits per heavy atom. The largest absolute Gasteiger partial charge is 0.480 e. The lowest BCUT2D eigenvalue weighted by atomic mass is 10.2. The number of likely N-dealkylation sites (tertiary alicyclic amines) is 1. The Hall–Kier alpha value is -1.83. The number of hydrogen-bond donors (Lipinski definition) is 4. The summed E-state index contributed by atoms with van der Waals surface area (Å²) in [6, 6.07) is -1.55. The molecule has 2 atom stereocenters. The molecule has 0 spiro atoms. The summed E-state index contributed by atoms with van der Waals surface area (Å²) in [5.41, 5.74) is 0. The molecule has 0 bridgehead atoms. The summed E-state index contributed by atoms with van der Waals surface area (Å²) in [5, 5.41) is 23.3. The highest BCUT2D eigenvalue weighted by molar-refractivity contribution is 5.83. The van der Waals surface area contributed by atoms with E-state index in [2.05, 4.69) is 10.6 Å². The van der Waals surface area contributed by atoms with Crippen molar-refractivity contribution in [2.24, 2.45) is 0 Å². The molecule has 3 amide bonds. The number of carboxylic acid groups (broad SMARTS) is 1. The van der Waals surface area contributed by atoms with Gasteiger partial charge in [-0.3, -0.25) is 4.79 Å². The molecular formula is C10H17N3O5. The number of aliphatic hydroxyl groups is 1. The molecule has 0 aromatic rings. The lowest BCUT2D eigenvalue weighted by molar-refractivity contribution is -0.141. The molecule has 18 heavy (non-hydrogen) atoms. The van der Waals surface area contributed by atoms with Gasteiger partial charge in [-0.25, -0.2) is 9.59 Å². The zero-order valence-electron chi connectivity index (χ0n) is 10.0. The van der Waals surface area contributed by atoms with Crippen molar-refractivity contribution in [1.82, 2.24) is 15.5 Å². The number of β-amino-alcohol motifs (C(OH)–C–C–N with tert-alkyl or cyclic N) is 1. The number of nitrogens with zero attached hydrogens (tertiary/aromatic N) is 1. The first kappa shape index (κ1) is 14.2. The van der Waals surface area contributed by atoms with Crippen molar-refractivity contribution in [3.63, 3.8) is 0 Å². The Bertz CT molecular complexity index is 346. The quantitative estimate of drug-likeness (QED) is 0.451.